The van der Waals surface area contributed by atoms with Crippen LogP contribution in [0.25, 0.3) is 0 Å². The van der Waals surface area contributed by atoms with Gasteiger partial charge >= 0.3 is 0 Å². The zero-order valence-corrected chi connectivity index (χ0v) is 24.2. The first-order valence-electron chi connectivity index (χ1n) is 14.5. The van der Waals surface area contributed by atoms with Gasteiger partial charge in [-0.15, -0.1) is 11.3 Å². The van der Waals surface area contributed by atoms with Gasteiger partial charge in [0.25, 0.3) is 11.8 Å². The topological polar surface area (TPSA) is 104 Å². The molecule has 0 aliphatic carbocycles. The maximum Gasteiger partial charge on any atom is 0.258 e. The standard InChI is InChI=1S/C31H34F2N4O4S/c1-17-16-42-30(35-17)26-5-3-8-37(26)31(40)23-14-20(13-19-6-9-41-28(19)23)29(39)36-25(27(38)24-4-2-7-34-24)12-18-10-21(32)15-22(33)11-18/h10-11,13-16,24-27,34,38H,2-9,12H2,1H3,(H,36,39)/t24-,25+,26-,27-/m1/s1. The van der Waals surface area contributed by atoms with Crippen molar-refractivity contribution in [3.8, 4) is 5.75 Å². The van der Waals surface area contributed by atoms with Gasteiger partial charge in [-0.05, 0) is 81.0 Å². The van der Waals surface area contributed by atoms with E-state index in [-0.39, 0.29) is 30.0 Å². The number of aryl methyl sites for hydroxylation is 1. The smallest absolute Gasteiger partial charge is 0.258 e. The van der Waals surface area contributed by atoms with Gasteiger partial charge in [-0.1, -0.05) is 0 Å². The molecule has 0 spiro atoms. The van der Waals surface area contributed by atoms with Gasteiger partial charge in [-0.2, -0.15) is 0 Å². The summed E-state index contributed by atoms with van der Waals surface area (Å²) in [6.45, 7) is 3.67. The van der Waals surface area contributed by atoms with Crippen molar-refractivity contribution >= 4 is 23.2 Å². The van der Waals surface area contributed by atoms with E-state index in [1.54, 1.807) is 23.5 Å². The number of hydrogen-bond acceptors (Lipinski definition) is 7. The first-order valence-corrected chi connectivity index (χ1v) is 15.3. The molecule has 8 nitrogen and oxygen atoms in total. The molecule has 42 heavy (non-hydrogen) atoms. The van der Waals surface area contributed by atoms with Crippen LogP contribution >= 0.6 is 11.3 Å². The summed E-state index contributed by atoms with van der Waals surface area (Å²) in [7, 11) is 0. The number of thiazole rings is 1. The fourth-order valence-corrected chi connectivity index (χ4v) is 7.26. The van der Waals surface area contributed by atoms with Crippen molar-refractivity contribution in [2.75, 3.05) is 19.7 Å². The molecule has 2 saturated heterocycles. The van der Waals surface area contributed by atoms with Crippen molar-refractivity contribution in [1.29, 1.82) is 0 Å². The van der Waals surface area contributed by atoms with Crippen molar-refractivity contribution in [3.05, 3.63) is 80.3 Å². The number of ether oxygens (including phenoxy) is 1. The Balaban J connectivity index is 1.28. The highest BCUT2D eigenvalue weighted by atomic mass is 32.1. The van der Waals surface area contributed by atoms with Crippen LogP contribution in [-0.4, -0.2) is 64.7 Å². The number of carbonyl (C=O) groups is 2. The van der Waals surface area contributed by atoms with Gasteiger partial charge in [0, 0.05) is 41.7 Å². The van der Waals surface area contributed by atoms with E-state index in [4.69, 9.17) is 4.74 Å². The Morgan fingerprint density at radius 1 is 1.19 bits per heavy atom. The van der Waals surface area contributed by atoms with Gasteiger partial charge in [0.15, 0.2) is 0 Å². The van der Waals surface area contributed by atoms with Crippen LogP contribution in [0.5, 0.6) is 5.75 Å². The normalized spacial score (nSPS) is 21.2. The fourth-order valence-electron chi connectivity index (χ4n) is 6.32. The van der Waals surface area contributed by atoms with Crippen molar-refractivity contribution in [3.63, 3.8) is 0 Å². The number of likely N-dealkylation sites (tertiary alicyclic amines) is 1. The largest absolute Gasteiger partial charge is 0.492 e. The summed E-state index contributed by atoms with van der Waals surface area (Å²) >= 11 is 1.54. The molecule has 2 aromatic carbocycles. The minimum Gasteiger partial charge on any atom is -0.492 e. The Morgan fingerprint density at radius 3 is 2.71 bits per heavy atom. The highest BCUT2D eigenvalue weighted by molar-refractivity contribution is 7.09. The predicted octanol–water partition coefficient (Wildman–Crippen LogP) is 4.10. The second-order valence-corrected chi connectivity index (χ2v) is 12.2. The molecule has 0 radical (unpaired) electrons. The predicted molar refractivity (Wildman–Crippen MR) is 154 cm³/mol. The Kier molecular flexibility index (Phi) is 8.24. The minimum atomic E-state index is -0.992. The highest BCUT2D eigenvalue weighted by Gasteiger charge is 2.36. The number of nitrogens with zero attached hydrogens (tertiary/aromatic N) is 2. The molecule has 2 fully saturated rings. The molecule has 0 bridgehead atoms. The van der Waals surface area contributed by atoms with Crippen LogP contribution < -0.4 is 15.4 Å². The molecule has 3 aliphatic heterocycles. The van der Waals surface area contributed by atoms with Crippen molar-refractivity contribution < 1.29 is 28.2 Å². The van der Waals surface area contributed by atoms with E-state index in [2.05, 4.69) is 15.6 Å². The van der Waals surface area contributed by atoms with E-state index < -0.39 is 29.7 Å². The maximum absolute atomic E-state index is 14.0. The lowest BCUT2D eigenvalue weighted by Crippen LogP contribution is -2.52. The summed E-state index contributed by atoms with van der Waals surface area (Å²) in [5.41, 5.74) is 2.62. The van der Waals surface area contributed by atoms with Gasteiger partial charge in [-0.25, -0.2) is 13.8 Å². The lowest BCUT2D eigenvalue weighted by Gasteiger charge is -2.29. The van der Waals surface area contributed by atoms with Gasteiger partial charge in [0.05, 0.1) is 30.4 Å². The van der Waals surface area contributed by atoms with E-state index >= 15 is 0 Å². The summed E-state index contributed by atoms with van der Waals surface area (Å²) in [4.78, 5) is 34.1. The molecular weight excluding hydrogens is 562 g/mol. The number of carbonyl (C=O) groups excluding carboxylic acids is 2. The molecule has 11 heteroatoms. The van der Waals surface area contributed by atoms with Crippen molar-refractivity contribution in [2.24, 2.45) is 0 Å². The number of aliphatic hydroxyl groups excluding tert-OH is 1. The number of halogens is 2. The van der Waals surface area contributed by atoms with E-state index in [0.29, 0.717) is 36.4 Å². The molecule has 222 valence electrons. The van der Waals surface area contributed by atoms with E-state index in [9.17, 15) is 23.5 Å². The fraction of sp³-hybridized carbons (Fsp3) is 0.452. The van der Waals surface area contributed by atoms with Crippen LogP contribution in [0.2, 0.25) is 0 Å². The molecule has 0 unspecified atom stereocenters. The SMILES string of the molecule is Cc1csc([C@H]2CCCN2C(=O)c2cc(C(=O)N[C@@H](Cc3cc(F)cc(F)c3)[C@H](O)[C@H]3CCCN3)cc3c2OCC3)n1. The number of benzene rings is 2. The Morgan fingerprint density at radius 2 is 2.00 bits per heavy atom. The number of aliphatic hydroxyl groups is 1. The van der Waals surface area contributed by atoms with Crippen LogP contribution in [0.4, 0.5) is 8.78 Å². The number of nitrogens with one attached hydrogen (secondary N) is 2. The number of amides is 2. The summed E-state index contributed by atoms with van der Waals surface area (Å²) in [6.07, 6.45) is 2.87. The average Bonchev–Trinajstić information content (AvgIpc) is 3.77. The van der Waals surface area contributed by atoms with E-state index in [1.165, 1.54) is 12.1 Å². The third-order valence-electron chi connectivity index (χ3n) is 8.33. The molecule has 4 atom stereocenters. The maximum atomic E-state index is 14.0. The molecule has 6 rings (SSSR count). The minimum absolute atomic E-state index is 0.0301. The Labute approximate surface area is 247 Å². The summed E-state index contributed by atoms with van der Waals surface area (Å²) in [5.74, 6) is -1.64. The van der Waals surface area contributed by atoms with Crippen LogP contribution in [-0.2, 0) is 12.8 Å². The molecule has 3 aromatic rings. The molecule has 1 aromatic heterocycles. The first kappa shape index (κ1) is 28.7. The van der Waals surface area contributed by atoms with E-state index in [0.717, 1.165) is 54.6 Å². The lowest BCUT2D eigenvalue weighted by molar-refractivity contribution is 0.0730. The Hall–Kier alpha value is -3.41. The molecule has 0 saturated carbocycles. The zero-order chi connectivity index (χ0) is 29.4. The quantitative estimate of drug-likeness (QED) is 0.362. The number of aromatic nitrogens is 1. The number of hydrogen-bond donors (Lipinski definition) is 3. The molecule has 4 heterocycles. The van der Waals surface area contributed by atoms with Crippen LogP contribution in [0.1, 0.15) is 74.3 Å². The third kappa shape index (κ3) is 5.91. The zero-order valence-electron chi connectivity index (χ0n) is 23.4. The average molecular weight is 597 g/mol. The monoisotopic (exact) mass is 596 g/mol. The van der Waals surface area contributed by atoms with Crippen LogP contribution in [0.15, 0.2) is 35.7 Å². The third-order valence-corrected chi connectivity index (χ3v) is 9.39. The summed E-state index contributed by atoms with van der Waals surface area (Å²) < 4.78 is 33.8. The Bertz CT molecular complexity index is 1470. The van der Waals surface area contributed by atoms with Gasteiger partial charge in [-0.3, -0.25) is 9.59 Å². The van der Waals surface area contributed by atoms with Gasteiger partial charge < -0.3 is 25.4 Å². The first-order chi connectivity index (χ1) is 20.3. The highest BCUT2D eigenvalue weighted by Crippen LogP contribution is 2.38. The summed E-state index contributed by atoms with van der Waals surface area (Å²) in [5, 5.41) is 20.3. The molecular formula is C31H34F2N4O4S. The van der Waals surface area contributed by atoms with Crippen LogP contribution in [0, 0.1) is 18.6 Å². The molecule has 3 N–H and O–H groups in total. The van der Waals surface area contributed by atoms with Crippen LogP contribution in [0.3, 0.4) is 0 Å². The van der Waals surface area contributed by atoms with Gasteiger partial charge in [0.1, 0.15) is 22.4 Å². The van der Waals surface area contributed by atoms with Crippen molar-refractivity contribution in [2.45, 2.75) is 69.7 Å². The van der Waals surface area contributed by atoms with Crippen molar-refractivity contribution in [1.82, 2.24) is 20.5 Å². The number of rotatable bonds is 8. The second kappa shape index (κ2) is 12.1. The molecule has 2 amide bonds. The molecule has 3 aliphatic rings. The lowest BCUT2D eigenvalue weighted by atomic mass is 9.94. The van der Waals surface area contributed by atoms with E-state index in [1.807, 2.05) is 17.2 Å². The van der Waals surface area contributed by atoms with Gasteiger partial charge in [0.2, 0.25) is 0 Å². The number of fused-ring (bicyclic) bond motifs is 1. The second-order valence-electron chi connectivity index (χ2n) is 11.3. The summed E-state index contributed by atoms with van der Waals surface area (Å²) in [6, 6.07) is 5.26.